The third-order valence-electron chi connectivity index (χ3n) is 7.38. The molecule has 0 N–H and O–H groups in total. The Morgan fingerprint density at radius 3 is 1.16 bits per heavy atom. The van der Waals surface area contributed by atoms with Gasteiger partial charge in [0, 0.05) is 29.3 Å². The quantitative estimate of drug-likeness (QED) is 0.201. The molecule has 5 aromatic rings. The zero-order valence-electron chi connectivity index (χ0n) is 22.0. The number of fused-ring (bicyclic) bond motifs is 5. The Kier molecular flexibility index (Phi) is 5.61. The van der Waals surface area contributed by atoms with Crippen LogP contribution < -0.4 is 0 Å². The lowest BCUT2D eigenvalue weighted by Gasteiger charge is -1.98. The van der Waals surface area contributed by atoms with E-state index in [1.807, 2.05) is 24.3 Å². The average molecular weight is 608 g/mol. The third kappa shape index (κ3) is 3.55. The molecular formula is C31H9N7O4S2. The van der Waals surface area contributed by atoms with Gasteiger partial charge in [0.05, 0.1) is 42.8 Å². The molecule has 0 radical (unpaired) electrons. The van der Waals surface area contributed by atoms with Crippen LogP contribution >= 0.6 is 22.7 Å². The van der Waals surface area contributed by atoms with Gasteiger partial charge in [-0.2, -0.15) is 21.0 Å². The molecule has 0 saturated heterocycles. The maximum absolute atomic E-state index is 13.1. The Hall–Kier alpha value is -6.38. The molecule has 2 aromatic carbocycles. The number of nitriles is 4. The smallest absolute Gasteiger partial charge is 0.197 e. The first-order valence-corrected chi connectivity index (χ1v) is 14.2. The molecule has 0 saturated carbocycles. The maximum Gasteiger partial charge on any atom is 0.197 e. The largest absolute Gasteiger partial charge is 0.312 e. The van der Waals surface area contributed by atoms with Gasteiger partial charge in [0.2, 0.25) is 0 Å². The first-order valence-electron chi connectivity index (χ1n) is 12.5. The van der Waals surface area contributed by atoms with Crippen molar-refractivity contribution in [3.05, 3.63) is 89.9 Å². The van der Waals surface area contributed by atoms with Crippen LogP contribution in [0.3, 0.4) is 0 Å². The van der Waals surface area contributed by atoms with Crippen LogP contribution in [0.1, 0.15) is 73.7 Å². The molecule has 0 atom stereocenters. The molecule has 44 heavy (non-hydrogen) atoms. The number of aromatic nitrogens is 3. The zero-order chi connectivity index (χ0) is 31.0. The van der Waals surface area contributed by atoms with E-state index in [0.29, 0.717) is 21.3 Å². The van der Waals surface area contributed by atoms with Crippen molar-refractivity contribution in [1.29, 1.82) is 21.0 Å². The van der Waals surface area contributed by atoms with Crippen LogP contribution in [0, 0.1) is 45.3 Å². The molecule has 204 valence electrons. The fraction of sp³-hybridized carbons (Fsp3) is 0.0323. The lowest BCUT2D eigenvalue weighted by molar-refractivity contribution is 0.0975. The number of allylic oxidation sites excluding steroid dienone is 2. The minimum Gasteiger partial charge on any atom is -0.312 e. The molecular weight excluding hydrogens is 599 g/mol. The van der Waals surface area contributed by atoms with E-state index < -0.39 is 23.1 Å². The second-order valence-corrected chi connectivity index (χ2v) is 11.8. The van der Waals surface area contributed by atoms with E-state index in [-0.39, 0.29) is 55.7 Å². The van der Waals surface area contributed by atoms with Crippen LogP contribution in [0.5, 0.6) is 0 Å². The van der Waals surface area contributed by atoms with E-state index in [2.05, 4.69) is 9.97 Å². The van der Waals surface area contributed by atoms with Gasteiger partial charge in [0.1, 0.15) is 34.3 Å². The Balaban J connectivity index is 1.27. The van der Waals surface area contributed by atoms with Gasteiger partial charge in [-0.15, -0.1) is 22.7 Å². The van der Waals surface area contributed by atoms with Crippen molar-refractivity contribution in [3.63, 3.8) is 0 Å². The van der Waals surface area contributed by atoms with Crippen LogP contribution in [-0.2, 0) is 7.05 Å². The summed E-state index contributed by atoms with van der Waals surface area (Å²) in [6, 6.07) is 12.5. The number of carbonyl (C=O) groups is 4. The van der Waals surface area contributed by atoms with Gasteiger partial charge in [-0.05, 0) is 36.4 Å². The van der Waals surface area contributed by atoms with Crippen molar-refractivity contribution in [2.75, 3.05) is 0 Å². The van der Waals surface area contributed by atoms with Gasteiger partial charge in [0.25, 0.3) is 0 Å². The summed E-state index contributed by atoms with van der Waals surface area (Å²) in [5.74, 6) is -2.23. The van der Waals surface area contributed by atoms with E-state index in [9.17, 15) is 40.2 Å². The highest BCUT2D eigenvalue weighted by molar-refractivity contribution is 7.27. The molecule has 0 spiro atoms. The fourth-order valence-corrected chi connectivity index (χ4v) is 7.45. The highest BCUT2D eigenvalue weighted by Crippen LogP contribution is 2.39. The summed E-state index contributed by atoms with van der Waals surface area (Å²) in [7, 11) is 1.74. The summed E-state index contributed by atoms with van der Waals surface area (Å²) in [5.41, 5.74) is 1.14. The SMILES string of the molecule is Cn1c2nc(C=C3C(=O)c4cc(C#N)c(C#N)cc4C3=O)sc2c2sc(C=C3C(=O)c4cc(C#N)c(C#N)cc4C3=O)nc21. The summed E-state index contributed by atoms with van der Waals surface area (Å²) >= 11 is 2.45. The summed E-state index contributed by atoms with van der Waals surface area (Å²) < 4.78 is 3.16. The van der Waals surface area contributed by atoms with Crippen molar-refractivity contribution in [2.24, 2.45) is 7.05 Å². The molecule has 7 rings (SSSR count). The van der Waals surface area contributed by atoms with Gasteiger partial charge >= 0.3 is 0 Å². The lowest BCUT2D eigenvalue weighted by Crippen LogP contribution is -2.00. The van der Waals surface area contributed by atoms with Crippen LogP contribution in [0.25, 0.3) is 32.8 Å². The van der Waals surface area contributed by atoms with Gasteiger partial charge in [-0.3, -0.25) is 19.2 Å². The molecule has 3 aromatic heterocycles. The molecule has 0 fully saturated rings. The highest BCUT2D eigenvalue weighted by atomic mass is 32.1. The minimum absolute atomic E-state index is 0.00992. The molecule has 0 aliphatic heterocycles. The minimum atomic E-state index is -0.558. The maximum atomic E-state index is 13.1. The second-order valence-electron chi connectivity index (χ2n) is 9.74. The first kappa shape index (κ1) is 26.5. The third-order valence-corrected chi connectivity index (χ3v) is 9.53. The zero-order valence-corrected chi connectivity index (χ0v) is 23.7. The molecule has 3 heterocycles. The number of aryl methyl sites for hydroxylation is 1. The van der Waals surface area contributed by atoms with Crippen molar-refractivity contribution in [2.45, 2.75) is 0 Å². The molecule has 0 unspecified atom stereocenters. The normalized spacial score (nSPS) is 13.6. The second kappa shape index (κ2) is 9.32. The molecule has 0 amide bonds. The van der Waals surface area contributed by atoms with Crippen LogP contribution in [0.2, 0.25) is 0 Å². The van der Waals surface area contributed by atoms with Crippen LogP contribution in [0.15, 0.2) is 35.4 Å². The molecule has 2 aliphatic rings. The highest BCUT2D eigenvalue weighted by Gasteiger charge is 2.36. The Morgan fingerprint density at radius 2 is 0.886 bits per heavy atom. The van der Waals surface area contributed by atoms with E-state index in [4.69, 9.17) is 0 Å². The number of hydrogen-bond acceptors (Lipinski definition) is 12. The number of Topliss-reactive ketones (excluding diaryl/α,β-unsaturated/α-hetero) is 4. The van der Waals surface area contributed by atoms with Gasteiger partial charge in [0.15, 0.2) is 34.4 Å². The van der Waals surface area contributed by atoms with Gasteiger partial charge in [-0.1, -0.05) is 0 Å². The summed E-state index contributed by atoms with van der Waals surface area (Å²) in [6.07, 6.45) is 2.78. The topological polar surface area (TPSA) is 194 Å². The Labute approximate surface area is 254 Å². The number of benzene rings is 2. The lowest BCUT2D eigenvalue weighted by atomic mass is 10.0. The molecule has 2 aliphatic carbocycles. The van der Waals surface area contributed by atoms with E-state index in [1.54, 1.807) is 11.6 Å². The van der Waals surface area contributed by atoms with Crippen molar-refractivity contribution in [1.82, 2.24) is 14.5 Å². The number of thiazole rings is 2. The van der Waals surface area contributed by atoms with Gasteiger partial charge in [-0.25, -0.2) is 9.97 Å². The first-order chi connectivity index (χ1) is 21.2. The van der Waals surface area contributed by atoms with Crippen molar-refractivity contribution < 1.29 is 19.2 Å². The number of nitrogens with zero attached hydrogens (tertiary/aromatic N) is 7. The van der Waals surface area contributed by atoms with Crippen LogP contribution in [0.4, 0.5) is 0 Å². The molecule has 11 nitrogen and oxygen atoms in total. The fourth-order valence-electron chi connectivity index (χ4n) is 5.25. The summed E-state index contributed by atoms with van der Waals surface area (Å²) in [4.78, 5) is 61.5. The average Bonchev–Trinajstić information content (AvgIpc) is 3.80. The number of ketones is 4. The molecule has 13 heteroatoms. The number of hydrogen-bond donors (Lipinski definition) is 0. The van der Waals surface area contributed by atoms with E-state index in [1.165, 1.54) is 59.1 Å². The Morgan fingerprint density at radius 1 is 0.591 bits per heavy atom. The van der Waals surface area contributed by atoms with Crippen molar-refractivity contribution in [3.8, 4) is 24.3 Å². The van der Waals surface area contributed by atoms with E-state index in [0.717, 1.165) is 9.40 Å². The predicted molar refractivity (Wildman–Crippen MR) is 157 cm³/mol. The summed E-state index contributed by atoms with van der Waals surface area (Å²) in [5, 5.41) is 38.0. The standard InChI is InChI=1S/C31H9N7O4S2/c1-38-30-28(43-22(36-30)6-20-24(39)16-2-12(8-32)13(9-33)3-17(16)25(20)40)29-31(38)37-23(44-29)7-21-26(41)18-4-14(10-34)15(11-35)5-19(18)27(21)42/h2-7H,1H3. The number of carbonyl (C=O) groups excluding carboxylic acids is 4. The predicted octanol–water partition coefficient (Wildman–Crippen LogP) is 4.66. The Bertz CT molecular complexity index is 2250. The monoisotopic (exact) mass is 607 g/mol. The van der Waals surface area contributed by atoms with Gasteiger partial charge < -0.3 is 4.57 Å². The van der Waals surface area contributed by atoms with E-state index >= 15 is 0 Å². The number of rotatable bonds is 2. The summed E-state index contributed by atoms with van der Waals surface area (Å²) in [6.45, 7) is 0. The van der Waals surface area contributed by atoms with Crippen molar-refractivity contribution >= 4 is 78.7 Å². The van der Waals surface area contributed by atoms with Crippen LogP contribution in [-0.4, -0.2) is 37.7 Å². The molecule has 0 bridgehead atoms.